The van der Waals surface area contributed by atoms with Gasteiger partial charge in [0.15, 0.2) is 6.61 Å². The Bertz CT molecular complexity index is 828. The first kappa shape index (κ1) is 22.2. The fourth-order valence-corrected chi connectivity index (χ4v) is 2.75. The molecule has 0 saturated carbocycles. The predicted molar refractivity (Wildman–Crippen MR) is 110 cm³/mol. The van der Waals surface area contributed by atoms with E-state index in [2.05, 4.69) is 10.6 Å². The molecule has 0 heterocycles. The van der Waals surface area contributed by atoms with Crippen molar-refractivity contribution < 1.29 is 28.2 Å². The van der Waals surface area contributed by atoms with E-state index in [-0.39, 0.29) is 17.4 Å². The number of halogens is 1. The molecular formula is C20H21FN2O5S. The third-order valence-electron chi connectivity index (χ3n) is 3.39. The van der Waals surface area contributed by atoms with Crippen molar-refractivity contribution in [1.82, 2.24) is 0 Å². The molecule has 0 aliphatic heterocycles. The van der Waals surface area contributed by atoms with Gasteiger partial charge in [0.05, 0.1) is 18.1 Å². The Morgan fingerprint density at radius 1 is 0.897 bits per heavy atom. The van der Waals surface area contributed by atoms with E-state index >= 15 is 0 Å². The van der Waals surface area contributed by atoms with Crippen LogP contribution in [-0.2, 0) is 19.1 Å². The summed E-state index contributed by atoms with van der Waals surface area (Å²) in [4.78, 5) is 35.3. The Morgan fingerprint density at radius 3 is 2.10 bits per heavy atom. The second-order valence-electron chi connectivity index (χ2n) is 5.71. The highest BCUT2D eigenvalue weighted by molar-refractivity contribution is 8.00. The third-order valence-corrected chi connectivity index (χ3v) is 4.30. The molecule has 0 aromatic heterocycles. The van der Waals surface area contributed by atoms with Crippen molar-refractivity contribution in [3.8, 4) is 5.75 Å². The van der Waals surface area contributed by atoms with Gasteiger partial charge in [-0.3, -0.25) is 14.4 Å². The molecule has 0 radical (unpaired) electrons. The molecule has 7 nitrogen and oxygen atoms in total. The molecule has 0 fully saturated rings. The number of carbonyl (C=O) groups is 3. The van der Waals surface area contributed by atoms with Crippen LogP contribution in [0.15, 0.2) is 48.5 Å². The largest absolute Gasteiger partial charge is 0.494 e. The van der Waals surface area contributed by atoms with Gasteiger partial charge in [-0.25, -0.2) is 4.39 Å². The molecule has 2 amide bonds. The minimum atomic E-state index is -0.605. The molecule has 0 aliphatic rings. The van der Waals surface area contributed by atoms with E-state index < -0.39 is 24.3 Å². The molecule has 0 saturated heterocycles. The summed E-state index contributed by atoms with van der Waals surface area (Å²) in [5, 5.41) is 5.18. The summed E-state index contributed by atoms with van der Waals surface area (Å²) >= 11 is 1.05. The molecule has 2 aromatic carbocycles. The minimum absolute atomic E-state index is 0.0187. The lowest BCUT2D eigenvalue weighted by Gasteiger charge is -2.08. The van der Waals surface area contributed by atoms with Crippen LogP contribution >= 0.6 is 11.8 Å². The van der Waals surface area contributed by atoms with Crippen molar-refractivity contribution in [3.05, 3.63) is 54.3 Å². The van der Waals surface area contributed by atoms with Crippen molar-refractivity contribution in [1.29, 1.82) is 0 Å². The van der Waals surface area contributed by atoms with E-state index in [0.29, 0.717) is 23.7 Å². The van der Waals surface area contributed by atoms with Gasteiger partial charge >= 0.3 is 5.97 Å². The van der Waals surface area contributed by atoms with E-state index in [0.717, 1.165) is 11.8 Å². The van der Waals surface area contributed by atoms with Crippen LogP contribution in [0.4, 0.5) is 15.8 Å². The lowest BCUT2D eigenvalue weighted by atomic mass is 10.3. The van der Waals surface area contributed by atoms with Crippen LogP contribution < -0.4 is 15.4 Å². The summed E-state index contributed by atoms with van der Waals surface area (Å²) in [6.45, 7) is 2.00. The van der Waals surface area contributed by atoms with E-state index in [4.69, 9.17) is 9.47 Å². The zero-order valence-corrected chi connectivity index (χ0v) is 16.6. The quantitative estimate of drug-likeness (QED) is 0.574. The average Bonchev–Trinajstić information content (AvgIpc) is 2.70. The summed E-state index contributed by atoms with van der Waals surface area (Å²) < 4.78 is 23.0. The number of hydrogen-bond donors (Lipinski definition) is 2. The van der Waals surface area contributed by atoms with Crippen LogP contribution in [0.25, 0.3) is 0 Å². The molecule has 2 N–H and O–H groups in total. The first-order chi connectivity index (χ1) is 14.0. The standard InChI is InChI=1S/C20H21FN2O5S/c1-2-27-17-9-7-16(8-10-17)22-18(24)11-28-20(26)13-29-12-19(25)23-15-5-3-14(21)4-6-15/h3-10H,2,11-13H2,1H3,(H,22,24)(H,23,25). The Balaban J connectivity index is 1.61. The van der Waals surface area contributed by atoms with Crippen molar-refractivity contribution in [2.75, 3.05) is 35.4 Å². The van der Waals surface area contributed by atoms with Gasteiger partial charge in [0.25, 0.3) is 5.91 Å². The van der Waals surface area contributed by atoms with E-state index in [1.54, 1.807) is 24.3 Å². The molecule has 154 valence electrons. The van der Waals surface area contributed by atoms with Crippen LogP contribution in [0.5, 0.6) is 5.75 Å². The number of esters is 1. The zero-order valence-electron chi connectivity index (χ0n) is 15.8. The fourth-order valence-electron chi connectivity index (χ4n) is 2.14. The van der Waals surface area contributed by atoms with E-state index in [1.165, 1.54) is 24.3 Å². The smallest absolute Gasteiger partial charge is 0.316 e. The molecule has 0 spiro atoms. The summed E-state index contributed by atoms with van der Waals surface area (Å²) in [7, 11) is 0. The lowest BCUT2D eigenvalue weighted by Crippen LogP contribution is -2.22. The zero-order chi connectivity index (χ0) is 21.1. The molecule has 29 heavy (non-hydrogen) atoms. The van der Waals surface area contributed by atoms with Crippen LogP contribution in [0.1, 0.15) is 6.92 Å². The number of amides is 2. The maximum absolute atomic E-state index is 12.8. The minimum Gasteiger partial charge on any atom is -0.494 e. The number of rotatable bonds is 10. The molecule has 2 aromatic rings. The van der Waals surface area contributed by atoms with Gasteiger partial charge in [-0.15, -0.1) is 11.8 Å². The first-order valence-corrected chi connectivity index (χ1v) is 9.93. The Hall–Kier alpha value is -3.07. The van der Waals surface area contributed by atoms with E-state index in [9.17, 15) is 18.8 Å². The Morgan fingerprint density at radius 2 is 1.48 bits per heavy atom. The number of benzene rings is 2. The summed E-state index contributed by atoms with van der Waals surface area (Å²) in [6.07, 6.45) is 0. The van der Waals surface area contributed by atoms with Crippen LogP contribution in [-0.4, -0.2) is 42.5 Å². The van der Waals surface area contributed by atoms with Gasteiger partial charge in [-0.05, 0) is 55.5 Å². The fraction of sp³-hybridized carbons (Fsp3) is 0.250. The summed E-state index contributed by atoms with van der Waals surface area (Å²) in [5.41, 5.74) is 1.02. The molecule has 2 rings (SSSR count). The number of hydrogen-bond acceptors (Lipinski definition) is 6. The highest BCUT2D eigenvalue weighted by Crippen LogP contribution is 2.15. The lowest BCUT2D eigenvalue weighted by molar-refractivity contribution is -0.144. The van der Waals surface area contributed by atoms with Gasteiger partial charge in [-0.2, -0.15) is 0 Å². The van der Waals surface area contributed by atoms with Crippen molar-refractivity contribution in [3.63, 3.8) is 0 Å². The molecular weight excluding hydrogens is 399 g/mol. The topological polar surface area (TPSA) is 93.7 Å². The molecule has 0 bridgehead atoms. The van der Waals surface area contributed by atoms with Crippen LogP contribution in [0.2, 0.25) is 0 Å². The summed E-state index contributed by atoms with van der Waals surface area (Å²) in [6, 6.07) is 12.2. The Labute approximate surface area is 172 Å². The van der Waals surface area contributed by atoms with Crippen molar-refractivity contribution in [2.24, 2.45) is 0 Å². The molecule has 0 unspecified atom stereocenters. The van der Waals surface area contributed by atoms with Gasteiger partial charge in [0, 0.05) is 11.4 Å². The Kier molecular flexibility index (Phi) is 8.97. The summed E-state index contributed by atoms with van der Waals surface area (Å²) in [5.74, 6) is -1.17. The maximum Gasteiger partial charge on any atom is 0.316 e. The van der Waals surface area contributed by atoms with Gasteiger partial charge in [0.1, 0.15) is 11.6 Å². The second-order valence-corrected chi connectivity index (χ2v) is 6.70. The maximum atomic E-state index is 12.8. The van der Waals surface area contributed by atoms with E-state index in [1.807, 2.05) is 6.92 Å². The number of nitrogens with one attached hydrogen (secondary N) is 2. The number of carbonyl (C=O) groups excluding carboxylic acids is 3. The van der Waals surface area contributed by atoms with Crippen molar-refractivity contribution >= 4 is 40.9 Å². The normalized spacial score (nSPS) is 10.1. The number of ether oxygens (including phenoxy) is 2. The predicted octanol–water partition coefficient (Wildman–Crippen LogP) is 3.08. The number of anilines is 2. The SMILES string of the molecule is CCOc1ccc(NC(=O)COC(=O)CSCC(=O)Nc2ccc(F)cc2)cc1. The second kappa shape index (κ2) is 11.7. The molecule has 0 atom stereocenters. The molecule has 9 heteroatoms. The molecule has 0 aliphatic carbocycles. The van der Waals surface area contributed by atoms with Gasteiger partial charge in [0.2, 0.25) is 5.91 Å². The highest BCUT2D eigenvalue weighted by atomic mass is 32.2. The number of thioether (sulfide) groups is 1. The van der Waals surface area contributed by atoms with Crippen LogP contribution in [0, 0.1) is 5.82 Å². The highest BCUT2D eigenvalue weighted by Gasteiger charge is 2.10. The monoisotopic (exact) mass is 420 g/mol. The first-order valence-electron chi connectivity index (χ1n) is 8.77. The van der Waals surface area contributed by atoms with Gasteiger partial charge in [-0.1, -0.05) is 0 Å². The van der Waals surface area contributed by atoms with Crippen molar-refractivity contribution in [2.45, 2.75) is 6.92 Å². The van der Waals surface area contributed by atoms with Crippen LogP contribution in [0.3, 0.4) is 0 Å². The average molecular weight is 420 g/mol. The third kappa shape index (κ3) is 8.65. The van der Waals surface area contributed by atoms with Gasteiger partial charge < -0.3 is 20.1 Å².